The molecular formula is C12H11ClFN3O2. The van der Waals surface area contributed by atoms with E-state index in [0.29, 0.717) is 0 Å². The van der Waals surface area contributed by atoms with Crippen LogP contribution in [0, 0.1) is 17.1 Å². The fraction of sp³-hybridized carbons (Fsp3) is 0.250. The van der Waals surface area contributed by atoms with Crippen LogP contribution in [0.5, 0.6) is 0 Å². The normalized spacial score (nSPS) is 9.53. The zero-order chi connectivity index (χ0) is 14.3. The lowest BCUT2D eigenvalue weighted by molar-refractivity contribution is -0.120. The van der Waals surface area contributed by atoms with Crippen LogP contribution in [-0.2, 0) is 4.79 Å². The van der Waals surface area contributed by atoms with Crippen LogP contribution in [0.25, 0.3) is 0 Å². The molecule has 1 aromatic rings. The molecule has 1 rings (SSSR count). The van der Waals surface area contributed by atoms with Crippen molar-refractivity contribution in [1.29, 1.82) is 5.26 Å². The van der Waals surface area contributed by atoms with E-state index in [4.69, 9.17) is 16.9 Å². The first-order chi connectivity index (χ1) is 9.06. The van der Waals surface area contributed by atoms with E-state index < -0.39 is 17.6 Å². The number of rotatable bonds is 5. The van der Waals surface area contributed by atoms with E-state index >= 15 is 0 Å². The average molecular weight is 284 g/mol. The van der Waals surface area contributed by atoms with E-state index in [2.05, 4.69) is 10.6 Å². The Balaban J connectivity index is 2.44. The summed E-state index contributed by atoms with van der Waals surface area (Å²) in [6.45, 7) is 0.263. The summed E-state index contributed by atoms with van der Waals surface area (Å²) in [4.78, 5) is 22.6. The van der Waals surface area contributed by atoms with Crippen LogP contribution in [0.1, 0.15) is 16.8 Å². The van der Waals surface area contributed by atoms with Gasteiger partial charge in [0.15, 0.2) is 0 Å². The Bertz CT molecular complexity index is 508. The van der Waals surface area contributed by atoms with Crippen molar-refractivity contribution in [3.05, 3.63) is 34.6 Å². The number of nitrogens with zero attached hydrogens (tertiary/aromatic N) is 1. The fourth-order valence-electron chi connectivity index (χ4n) is 1.32. The second-order valence-electron chi connectivity index (χ2n) is 3.54. The summed E-state index contributed by atoms with van der Waals surface area (Å²) < 4.78 is 13.4. The van der Waals surface area contributed by atoms with Crippen molar-refractivity contribution >= 4 is 23.4 Å². The second-order valence-corrected chi connectivity index (χ2v) is 3.94. The molecule has 0 aliphatic carbocycles. The predicted molar refractivity (Wildman–Crippen MR) is 67.0 cm³/mol. The van der Waals surface area contributed by atoms with Crippen molar-refractivity contribution < 1.29 is 14.0 Å². The summed E-state index contributed by atoms with van der Waals surface area (Å²) in [5.74, 6) is -1.79. The maximum Gasteiger partial charge on any atom is 0.255 e. The van der Waals surface area contributed by atoms with Crippen molar-refractivity contribution in [1.82, 2.24) is 10.6 Å². The van der Waals surface area contributed by atoms with Gasteiger partial charge >= 0.3 is 0 Å². The molecule has 0 atom stereocenters. The highest BCUT2D eigenvalue weighted by Gasteiger charge is 2.14. The van der Waals surface area contributed by atoms with Crippen molar-refractivity contribution in [2.24, 2.45) is 0 Å². The third kappa shape index (κ3) is 4.56. The summed E-state index contributed by atoms with van der Waals surface area (Å²) in [7, 11) is 0. The summed E-state index contributed by atoms with van der Waals surface area (Å²) >= 11 is 5.72. The first kappa shape index (κ1) is 14.9. The largest absolute Gasteiger partial charge is 0.353 e. The third-order valence-electron chi connectivity index (χ3n) is 2.16. The van der Waals surface area contributed by atoms with Gasteiger partial charge in [0.05, 0.1) is 16.7 Å². The van der Waals surface area contributed by atoms with E-state index in [0.717, 1.165) is 6.07 Å². The fourth-order valence-corrected chi connectivity index (χ4v) is 1.56. The van der Waals surface area contributed by atoms with Crippen molar-refractivity contribution in [2.45, 2.75) is 6.42 Å². The molecule has 5 nitrogen and oxygen atoms in total. The molecule has 0 radical (unpaired) electrons. The Labute approximate surface area is 114 Å². The average Bonchev–Trinajstić information content (AvgIpc) is 2.35. The lowest BCUT2D eigenvalue weighted by Gasteiger charge is -2.08. The van der Waals surface area contributed by atoms with Gasteiger partial charge in [-0.25, -0.2) is 4.39 Å². The van der Waals surface area contributed by atoms with Gasteiger partial charge in [0.1, 0.15) is 12.2 Å². The molecule has 0 saturated heterocycles. The first-order valence-corrected chi connectivity index (χ1v) is 5.80. The number of amides is 2. The number of benzene rings is 1. The Morgan fingerprint density at radius 2 is 2.00 bits per heavy atom. The van der Waals surface area contributed by atoms with Crippen LogP contribution in [0.15, 0.2) is 18.2 Å². The molecule has 19 heavy (non-hydrogen) atoms. The van der Waals surface area contributed by atoms with Crippen molar-refractivity contribution in [3.8, 4) is 6.07 Å². The molecule has 100 valence electrons. The number of nitrogens with one attached hydrogen (secondary N) is 2. The SMILES string of the molecule is N#CCC(=O)NCCNC(=O)c1c(F)cccc1Cl. The van der Waals surface area contributed by atoms with Gasteiger partial charge in [-0.3, -0.25) is 9.59 Å². The first-order valence-electron chi connectivity index (χ1n) is 5.42. The summed E-state index contributed by atoms with van der Waals surface area (Å²) in [5.41, 5.74) is -0.229. The Morgan fingerprint density at radius 1 is 1.32 bits per heavy atom. The molecule has 0 heterocycles. The van der Waals surface area contributed by atoms with E-state index in [-0.39, 0.29) is 30.1 Å². The Kier molecular flexibility index (Phi) is 5.76. The van der Waals surface area contributed by atoms with Crippen LogP contribution >= 0.6 is 11.6 Å². The maximum absolute atomic E-state index is 13.4. The van der Waals surface area contributed by atoms with Crippen molar-refractivity contribution in [2.75, 3.05) is 13.1 Å². The molecule has 0 aliphatic heterocycles. The molecule has 2 N–H and O–H groups in total. The van der Waals surface area contributed by atoms with E-state index in [1.165, 1.54) is 12.1 Å². The van der Waals surface area contributed by atoms with Gasteiger partial charge in [0.2, 0.25) is 5.91 Å². The highest BCUT2D eigenvalue weighted by molar-refractivity contribution is 6.33. The molecule has 2 amide bonds. The second kappa shape index (κ2) is 7.34. The predicted octanol–water partition coefficient (Wildman–Crippen LogP) is 1.24. The van der Waals surface area contributed by atoms with Crippen molar-refractivity contribution in [3.63, 3.8) is 0 Å². The van der Waals surface area contributed by atoms with E-state index in [1.54, 1.807) is 6.07 Å². The number of carbonyl (C=O) groups is 2. The molecule has 7 heteroatoms. The standard InChI is InChI=1S/C12H11ClFN3O2/c13-8-2-1-3-9(14)11(8)12(19)17-7-6-16-10(18)4-5-15/h1-3H,4,6-7H2,(H,16,18)(H,17,19). The zero-order valence-electron chi connectivity index (χ0n) is 9.87. The monoisotopic (exact) mass is 283 g/mol. The molecule has 0 saturated carbocycles. The van der Waals surface area contributed by atoms with Gasteiger partial charge in [0.25, 0.3) is 5.91 Å². The number of hydrogen-bond acceptors (Lipinski definition) is 3. The highest BCUT2D eigenvalue weighted by atomic mass is 35.5. The Hall–Kier alpha value is -2.13. The maximum atomic E-state index is 13.4. The minimum absolute atomic E-state index is 0.0195. The van der Waals surface area contributed by atoms with Crippen LogP contribution in [0.2, 0.25) is 5.02 Å². The number of hydrogen-bond donors (Lipinski definition) is 2. The van der Waals surface area contributed by atoms with E-state index in [1.807, 2.05) is 0 Å². The minimum Gasteiger partial charge on any atom is -0.353 e. The molecule has 0 fully saturated rings. The smallest absolute Gasteiger partial charge is 0.255 e. The molecule has 0 aromatic heterocycles. The zero-order valence-corrected chi connectivity index (χ0v) is 10.6. The number of nitriles is 1. The van der Waals surface area contributed by atoms with Crippen LogP contribution in [0.4, 0.5) is 4.39 Å². The molecule has 1 aromatic carbocycles. The molecular weight excluding hydrogens is 273 g/mol. The van der Waals surface area contributed by atoms with Crippen LogP contribution in [0.3, 0.4) is 0 Å². The van der Waals surface area contributed by atoms with Gasteiger partial charge in [-0.2, -0.15) is 5.26 Å². The number of carbonyl (C=O) groups excluding carboxylic acids is 2. The molecule has 0 unspecified atom stereocenters. The van der Waals surface area contributed by atoms with Gasteiger partial charge in [-0.1, -0.05) is 17.7 Å². The quantitative estimate of drug-likeness (QED) is 0.798. The highest BCUT2D eigenvalue weighted by Crippen LogP contribution is 2.18. The summed E-state index contributed by atoms with van der Waals surface area (Å²) in [5, 5.41) is 13.1. The summed E-state index contributed by atoms with van der Waals surface area (Å²) in [6.07, 6.45) is -0.243. The Morgan fingerprint density at radius 3 is 2.63 bits per heavy atom. The van der Waals surface area contributed by atoms with Gasteiger partial charge in [0, 0.05) is 13.1 Å². The summed E-state index contributed by atoms with van der Waals surface area (Å²) in [6, 6.07) is 5.64. The van der Waals surface area contributed by atoms with Gasteiger partial charge in [-0.15, -0.1) is 0 Å². The minimum atomic E-state index is -0.710. The van der Waals surface area contributed by atoms with Gasteiger partial charge in [-0.05, 0) is 12.1 Å². The molecule has 0 bridgehead atoms. The topological polar surface area (TPSA) is 82.0 Å². The van der Waals surface area contributed by atoms with Gasteiger partial charge < -0.3 is 10.6 Å². The lowest BCUT2D eigenvalue weighted by Crippen LogP contribution is -2.34. The molecule has 0 spiro atoms. The van der Waals surface area contributed by atoms with Crippen LogP contribution in [-0.4, -0.2) is 24.9 Å². The van der Waals surface area contributed by atoms with E-state index in [9.17, 15) is 14.0 Å². The molecule has 0 aliphatic rings. The lowest BCUT2D eigenvalue weighted by atomic mass is 10.2. The number of halogens is 2. The van der Waals surface area contributed by atoms with Crippen LogP contribution < -0.4 is 10.6 Å². The third-order valence-corrected chi connectivity index (χ3v) is 2.48.